The summed E-state index contributed by atoms with van der Waals surface area (Å²) in [5.74, 6) is 1.14. The molecule has 6 nitrogen and oxygen atoms in total. The van der Waals surface area contributed by atoms with Crippen molar-refractivity contribution in [3.8, 4) is 11.6 Å². The highest BCUT2D eigenvalue weighted by atomic mass is 35.5. The van der Waals surface area contributed by atoms with Gasteiger partial charge in [-0.2, -0.15) is 0 Å². The maximum absolute atomic E-state index is 5.42. The van der Waals surface area contributed by atoms with Crippen LogP contribution in [0.25, 0.3) is 11.0 Å². The first-order chi connectivity index (χ1) is 12.3. The first-order valence-corrected chi connectivity index (χ1v) is 9.22. The van der Waals surface area contributed by atoms with E-state index >= 15 is 0 Å². The molecule has 1 aliphatic heterocycles. The molecular weight excluding hydrogens is 352 g/mol. The minimum atomic E-state index is 0. The molecular formula is C19H27ClN4O2. The highest BCUT2D eigenvalue weighted by molar-refractivity contribution is 5.92. The van der Waals surface area contributed by atoms with Gasteiger partial charge in [-0.3, -0.25) is 4.98 Å². The Kier molecular flexibility index (Phi) is 6.04. The van der Waals surface area contributed by atoms with Crippen LogP contribution >= 0.6 is 12.4 Å². The first-order valence-electron chi connectivity index (χ1n) is 9.22. The SMILES string of the molecule is COc1cc2nc3c(c(NC4CCCCNC4)c2nc1OC)CCC3.Cl. The second kappa shape index (κ2) is 8.27. The van der Waals surface area contributed by atoms with Crippen LogP contribution in [0.15, 0.2) is 6.07 Å². The van der Waals surface area contributed by atoms with Crippen LogP contribution in [0.4, 0.5) is 5.69 Å². The van der Waals surface area contributed by atoms with Crippen molar-refractivity contribution in [2.45, 2.75) is 44.6 Å². The van der Waals surface area contributed by atoms with Gasteiger partial charge in [-0.05, 0) is 44.2 Å². The van der Waals surface area contributed by atoms with Gasteiger partial charge in [0, 0.05) is 24.3 Å². The fraction of sp³-hybridized carbons (Fsp3) is 0.579. The number of hydrogen-bond donors (Lipinski definition) is 2. The van der Waals surface area contributed by atoms with E-state index in [1.54, 1.807) is 14.2 Å². The summed E-state index contributed by atoms with van der Waals surface area (Å²) in [5.41, 5.74) is 5.44. The predicted molar refractivity (Wildman–Crippen MR) is 106 cm³/mol. The zero-order chi connectivity index (χ0) is 17.2. The molecule has 1 unspecified atom stereocenters. The lowest BCUT2D eigenvalue weighted by atomic mass is 10.1. The maximum Gasteiger partial charge on any atom is 0.257 e. The first kappa shape index (κ1) is 19.0. The Morgan fingerprint density at radius 3 is 2.81 bits per heavy atom. The number of fused-ring (bicyclic) bond motifs is 2. The molecule has 2 N–H and O–H groups in total. The third-order valence-corrected chi connectivity index (χ3v) is 5.23. The number of nitrogens with zero attached hydrogens (tertiary/aromatic N) is 2. The molecule has 2 aromatic rings. The molecule has 0 radical (unpaired) electrons. The van der Waals surface area contributed by atoms with Crippen LogP contribution < -0.4 is 20.1 Å². The van der Waals surface area contributed by atoms with Gasteiger partial charge in [0.25, 0.3) is 5.88 Å². The second-order valence-corrected chi connectivity index (χ2v) is 6.87. The molecule has 3 heterocycles. The largest absolute Gasteiger partial charge is 0.491 e. The standard InChI is InChI=1S/C19H26N4O2.ClH/c1-24-16-10-15-18(23-19(16)25-2)17(13-7-5-8-14(13)22-15)21-12-6-3-4-9-20-11-12;/h10,12,20H,3-9,11H2,1-2H3,(H,21,22);1H. The number of anilines is 1. The minimum absolute atomic E-state index is 0. The fourth-order valence-electron chi connectivity index (χ4n) is 3.94. The van der Waals surface area contributed by atoms with E-state index < -0.39 is 0 Å². The van der Waals surface area contributed by atoms with Crippen molar-refractivity contribution in [3.63, 3.8) is 0 Å². The predicted octanol–water partition coefficient (Wildman–Crippen LogP) is 3.11. The van der Waals surface area contributed by atoms with Crippen LogP contribution in [0.5, 0.6) is 11.6 Å². The van der Waals surface area contributed by atoms with Gasteiger partial charge < -0.3 is 20.1 Å². The summed E-state index contributed by atoms with van der Waals surface area (Å²) in [5, 5.41) is 7.32. The second-order valence-electron chi connectivity index (χ2n) is 6.87. The lowest BCUT2D eigenvalue weighted by Gasteiger charge is -2.21. The lowest BCUT2D eigenvalue weighted by Crippen LogP contribution is -2.31. The summed E-state index contributed by atoms with van der Waals surface area (Å²) in [6.45, 7) is 2.10. The van der Waals surface area contributed by atoms with Gasteiger partial charge >= 0.3 is 0 Å². The molecule has 0 aromatic carbocycles. The Balaban J connectivity index is 0.00000196. The van der Waals surface area contributed by atoms with Gasteiger partial charge in [0.2, 0.25) is 0 Å². The summed E-state index contributed by atoms with van der Waals surface area (Å²) < 4.78 is 10.8. The molecule has 142 valence electrons. The van der Waals surface area contributed by atoms with E-state index in [1.807, 2.05) is 6.07 Å². The van der Waals surface area contributed by atoms with E-state index in [9.17, 15) is 0 Å². The zero-order valence-electron chi connectivity index (χ0n) is 15.4. The molecule has 0 amide bonds. The van der Waals surface area contributed by atoms with Crippen LogP contribution in [-0.2, 0) is 12.8 Å². The summed E-state index contributed by atoms with van der Waals surface area (Å²) in [7, 11) is 3.26. The molecule has 2 aromatic heterocycles. The van der Waals surface area contributed by atoms with E-state index in [-0.39, 0.29) is 12.4 Å². The Morgan fingerprint density at radius 2 is 2.00 bits per heavy atom. The number of aryl methyl sites for hydroxylation is 1. The quantitative estimate of drug-likeness (QED) is 0.852. The molecule has 7 heteroatoms. The summed E-state index contributed by atoms with van der Waals surface area (Å²) in [6.07, 6.45) is 6.94. The number of methoxy groups -OCH3 is 2. The average molecular weight is 379 g/mol. The number of nitrogens with one attached hydrogen (secondary N) is 2. The zero-order valence-corrected chi connectivity index (χ0v) is 16.2. The monoisotopic (exact) mass is 378 g/mol. The van der Waals surface area contributed by atoms with Gasteiger partial charge in [-0.15, -0.1) is 12.4 Å². The fourth-order valence-corrected chi connectivity index (χ4v) is 3.94. The maximum atomic E-state index is 5.42. The molecule has 26 heavy (non-hydrogen) atoms. The van der Waals surface area contributed by atoms with Crippen LogP contribution in [0.1, 0.15) is 36.9 Å². The number of pyridine rings is 2. The van der Waals surface area contributed by atoms with Crippen LogP contribution in [0.2, 0.25) is 0 Å². The number of halogens is 1. The van der Waals surface area contributed by atoms with E-state index in [2.05, 4.69) is 10.6 Å². The molecule has 0 spiro atoms. The average Bonchev–Trinajstić information content (AvgIpc) is 2.95. The summed E-state index contributed by atoms with van der Waals surface area (Å²) >= 11 is 0. The summed E-state index contributed by atoms with van der Waals surface area (Å²) in [6, 6.07) is 2.36. The number of rotatable bonds is 4. The highest BCUT2D eigenvalue weighted by Crippen LogP contribution is 2.37. The normalized spacial score (nSPS) is 19.4. The molecule has 1 aliphatic carbocycles. The van der Waals surface area contributed by atoms with E-state index in [4.69, 9.17) is 19.4 Å². The Hall–Kier alpha value is -1.79. The Labute approximate surface area is 160 Å². The van der Waals surface area contributed by atoms with Gasteiger partial charge in [0.15, 0.2) is 5.75 Å². The molecule has 2 aliphatic rings. The molecule has 4 rings (SSSR count). The molecule has 0 saturated carbocycles. The summed E-state index contributed by atoms with van der Waals surface area (Å²) in [4.78, 5) is 9.60. The van der Waals surface area contributed by atoms with E-state index in [0.717, 1.165) is 49.1 Å². The number of aromatic nitrogens is 2. The molecule has 1 fully saturated rings. The van der Waals surface area contributed by atoms with Gasteiger partial charge in [-0.25, -0.2) is 4.98 Å². The number of hydrogen-bond acceptors (Lipinski definition) is 6. The molecule has 1 saturated heterocycles. The van der Waals surface area contributed by atoms with Gasteiger partial charge in [0.05, 0.1) is 25.4 Å². The van der Waals surface area contributed by atoms with Gasteiger partial charge in [0.1, 0.15) is 5.52 Å². The van der Waals surface area contributed by atoms with Gasteiger partial charge in [-0.1, -0.05) is 6.42 Å². The van der Waals surface area contributed by atoms with Crippen LogP contribution in [-0.4, -0.2) is 43.3 Å². The lowest BCUT2D eigenvalue weighted by molar-refractivity contribution is 0.344. The van der Waals surface area contributed by atoms with Crippen molar-refractivity contribution in [3.05, 3.63) is 17.3 Å². The third kappa shape index (κ3) is 3.53. The van der Waals surface area contributed by atoms with Crippen molar-refractivity contribution in [2.24, 2.45) is 0 Å². The molecule has 0 bridgehead atoms. The number of ether oxygens (including phenoxy) is 2. The third-order valence-electron chi connectivity index (χ3n) is 5.23. The van der Waals surface area contributed by atoms with E-state index in [0.29, 0.717) is 17.7 Å². The Morgan fingerprint density at radius 1 is 1.12 bits per heavy atom. The van der Waals surface area contributed by atoms with Crippen LogP contribution in [0, 0.1) is 0 Å². The highest BCUT2D eigenvalue weighted by Gasteiger charge is 2.24. The van der Waals surface area contributed by atoms with Crippen molar-refractivity contribution < 1.29 is 9.47 Å². The van der Waals surface area contributed by atoms with Crippen molar-refractivity contribution in [1.29, 1.82) is 0 Å². The Bertz CT molecular complexity index is 776. The van der Waals surface area contributed by atoms with Crippen molar-refractivity contribution in [1.82, 2.24) is 15.3 Å². The minimum Gasteiger partial charge on any atom is -0.491 e. The van der Waals surface area contributed by atoms with Crippen molar-refractivity contribution in [2.75, 3.05) is 32.6 Å². The topological polar surface area (TPSA) is 68.3 Å². The molecule has 1 atom stereocenters. The van der Waals surface area contributed by atoms with Crippen molar-refractivity contribution >= 4 is 29.1 Å². The smallest absolute Gasteiger partial charge is 0.257 e. The van der Waals surface area contributed by atoms with E-state index in [1.165, 1.54) is 30.5 Å². The van der Waals surface area contributed by atoms with Crippen LogP contribution in [0.3, 0.4) is 0 Å².